The second-order valence-electron chi connectivity index (χ2n) is 5.42. The van der Waals surface area contributed by atoms with Gasteiger partial charge in [0.25, 0.3) is 15.7 Å². The van der Waals surface area contributed by atoms with Crippen LogP contribution in [0.2, 0.25) is 10.0 Å². The van der Waals surface area contributed by atoms with Crippen molar-refractivity contribution in [1.82, 2.24) is 0 Å². The van der Waals surface area contributed by atoms with Gasteiger partial charge in [0.05, 0.1) is 20.5 Å². The van der Waals surface area contributed by atoms with Crippen LogP contribution in [0.3, 0.4) is 0 Å². The van der Waals surface area contributed by atoms with Crippen LogP contribution < -0.4 is 4.31 Å². The number of carboxylic acid groups (broad SMARTS) is 1. The molecule has 1 N–H and O–H groups in total. The minimum absolute atomic E-state index is 0.0127. The molecule has 2 aromatic rings. The molecule has 0 atom stereocenters. The topological polar surface area (TPSA) is 118 Å². The number of anilines is 1. The second-order valence-corrected chi connectivity index (χ2v) is 8.13. The third kappa shape index (κ3) is 5.09. The van der Waals surface area contributed by atoms with Crippen molar-refractivity contribution in [3.05, 3.63) is 62.6 Å². The number of hydrogen-bond donors (Lipinski definition) is 1. The van der Waals surface area contributed by atoms with Gasteiger partial charge in [-0.25, -0.2) is 8.42 Å². The summed E-state index contributed by atoms with van der Waals surface area (Å²) in [6.07, 6.45) is -0.291. The molecule has 0 aliphatic heterocycles. The van der Waals surface area contributed by atoms with E-state index in [0.717, 1.165) is 16.4 Å². The molecule has 0 aliphatic rings. The molecule has 0 heterocycles. The Bertz CT molecular complexity index is 963. The summed E-state index contributed by atoms with van der Waals surface area (Å²) in [6, 6.07) is 8.75. The maximum Gasteiger partial charge on any atom is 0.303 e. The van der Waals surface area contributed by atoms with E-state index >= 15 is 0 Å². The Labute approximate surface area is 165 Å². The molecule has 0 fully saturated rings. The van der Waals surface area contributed by atoms with Gasteiger partial charge in [-0.15, -0.1) is 0 Å². The predicted molar refractivity (Wildman–Crippen MR) is 101 cm³/mol. The lowest BCUT2D eigenvalue weighted by atomic mass is 10.2. The predicted octanol–water partition coefficient (Wildman–Crippen LogP) is 3.96. The number of hydrogen-bond acceptors (Lipinski definition) is 5. The van der Waals surface area contributed by atoms with Crippen LogP contribution >= 0.6 is 23.2 Å². The first-order chi connectivity index (χ1) is 12.6. The maximum absolute atomic E-state index is 13.1. The van der Waals surface area contributed by atoms with Gasteiger partial charge in [-0.05, 0) is 36.8 Å². The molecular weight excluding hydrogens is 419 g/mol. The minimum Gasteiger partial charge on any atom is -0.481 e. The van der Waals surface area contributed by atoms with Gasteiger partial charge in [0.1, 0.15) is 0 Å². The van der Waals surface area contributed by atoms with Crippen LogP contribution in [0.5, 0.6) is 0 Å². The van der Waals surface area contributed by atoms with Crippen molar-refractivity contribution in [2.75, 3.05) is 10.8 Å². The summed E-state index contributed by atoms with van der Waals surface area (Å²) in [6.45, 7) is -0.224. The van der Waals surface area contributed by atoms with Crippen molar-refractivity contribution in [2.24, 2.45) is 0 Å². The van der Waals surface area contributed by atoms with Gasteiger partial charge in [-0.3, -0.25) is 19.2 Å². The highest BCUT2D eigenvalue weighted by molar-refractivity contribution is 7.92. The van der Waals surface area contributed by atoms with Gasteiger partial charge < -0.3 is 5.11 Å². The molecule has 0 aliphatic carbocycles. The molecule has 0 amide bonds. The van der Waals surface area contributed by atoms with Gasteiger partial charge in [0, 0.05) is 30.1 Å². The second kappa shape index (κ2) is 8.55. The first-order valence-corrected chi connectivity index (χ1v) is 9.76. The number of aliphatic carboxylic acids is 1. The van der Waals surface area contributed by atoms with Crippen LogP contribution in [-0.4, -0.2) is 31.0 Å². The number of benzene rings is 2. The summed E-state index contributed by atoms with van der Waals surface area (Å²) < 4.78 is 27.0. The largest absolute Gasteiger partial charge is 0.481 e. The third-order valence-corrected chi connectivity index (χ3v) is 5.96. The lowest BCUT2D eigenvalue weighted by Crippen LogP contribution is -2.32. The normalized spacial score (nSPS) is 11.2. The zero-order valence-corrected chi connectivity index (χ0v) is 16.0. The zero-order chi connectivity index (χ0) is 20.2. The van der Waals surface area contributed by atoms with Crippen molar-refractivity contribution in [1.29, 1.82) is 0 Å². The fourth-order valence-corrected chi connectivity index (χ4v) is 4.19. The molecule has 2 rings (SSSR count). The smallest absolute Gasteiger partial charge is 0.303 e. The molecule has 0 radical (unpaired) electrons. The summed E-state index contributed by atoms with van der Waals surface area (Å²) in [7, 11) is -4.16. The van der Waals surface area contributed by atoms with E-state index in [1.165, 1.54) is 30.3 Å². The van der Waals surface area contributed by atoms with Crippen molar-refractivity contribution in [3.8, 4) is 0 Å². The quantitative estimate of drug-likeness (QED) is 0.497. The number of halogens is 2. The van der Waals surface area contributed by atoms with Crippen molar-refractivity contribution in [3.63, 3.8) is 0 Å². The first-order valence-electron chi connectivity index (χ1n) is 7.57. The molecule has 27 heavy (non-hydrogen) atoms. The summed E-state index contributed by atoms with van der Waals surface area (Å²) in [5.74, 6) is -1.09. The third-order valence-electron chi connectivity index (χ3n) is 3.56. The Morgan fingerprint density at radius 3 is 2.33 bits per heavy atom. The average molecular weight is 433 g/mol. The van der Waals surface area contributed by atoms with Crippen LogP contribution in [0.25, 0.3) is 0 Å². The van der Waals surface area contributed by atoms with E-state index in [1.54, 1.807) is 0 Å². The summed E-state index contributed by atoms with van der Waals surface area (Å²) >= 11 is 11.9. The van der Waals surface area contributed by atoms with Crippen LogP contribution in [0.15, 0.2) is 47.4 Å². The molecular formula is C16H14Cl2N2O6S. The number of nitrogens with zero attached hydrogens (tertiary/aromatic N) is 2. The van der Waals surface area contributed by atoms with E-state index in [0.29, 0.717) is 5.02 Å². The van der Waals surface area contributed by atoms with Gasteiger partial charge >= 0.3 is 5.97 Å². The Hall–Kier alpha value is -2.36. The van der Waals surface area contributed by atoms with Gasteiger partial charge in [0.2, 0.25) is 0 Å². The number of rotatable bonds is 8. The SMILES string of the molecule is O=C(O)CCCN(c1cc([N+](=O)[O-])ccc1Cl)S(=O)(=O)c1ccc(Cl)cc1. The van der Waals surface area contributed by atoms with E-state index in [9.17, 15) is 23.3 Å². The monoisotopic (exact) mass is 432 g/mol. The molecule has 0 aromatic heterocycles. The number of non-ortho nitro benzene ring substituents is 1. The van der Waals surface area contributed by atoms with E-state index in [4.69, 9.17) is 28.3 Å². The number of carbonyl (C=O) groups is 1. The molecule has 144 valence electrons. The zero-order valence-electron chi connectivity index (χ0n) is 13.7. The number of carboxylic acids is 1. The van der Waals surface area contributed by atoms with E-state index < -0.39 is 20.9 Å². The number of nitro benzene ring substituents is 1. The molecule has 2 aromatic carbocycles. The van der Waals surface area contributed by atoms with Crippen LogP contribution in [-0.2, 0) is 14.8 Å². The van der Waals surface area contributed by atoms with Crippen LogP contribution in [0.1, 0.15) is 12.8 Å². The first kappa shape index (κ1) is 20.9. The van der Waals surface area contributed by atoms with Crippen molar-refractivity contribution >= 4 is 50.6 Å². The Kier molecular flexibility index (Phi) is 6.63. The Balaban J connectivity index is 2.54. The fraction of sp³-hybridized carbons (Fsp3) is 0.188. The van der Waals surface area contributed by atoms with Crippen LogP contribution in [0.4, 0.5) is 11.4 Å². The van der Waals surface area contributed by atoms with Gasteiger partial charge in [0.15, 0.2) is 0 Å². The minimum atomic E-state index is -4.16. The standard InChI is InChI=1S/C16H14Cl2N2O6S/c17-11-3-6-13(7-4-11)27(25,26)19(9-1-2-16(21)22)15-10-12(20(23)24)5-8-14(15)18/h3-8,10H,1-2,9H2,(H,21,22). The molecule has 8 nitrogen and oxygen atoms in total. The summed E-state index contributed by atoms with van der Waals surface area (Å²) in [5, 5.41) is 20.2. The maximum atomic E-state index is 13.1. The van der Waals surface area contributed by atoms with Crippen molar-refractivity contribution < 1.29 is 23.2 Å². The average Bonchev–Trinajstić information content (AvgIpc) is 2.59. The van der Waals surface area contributed by atoms with Crippen molar-refractivity contribution in [2.45, 2.75) is 17.7 Å². The number of nitro groups is 1. The molecule has 11 heteroatoms. The lowest BCUT2D eigenvalue weighted by Gasteiger charge is -2.25. The van der Waals surface area contributed by atoms with Crippen LogP contribution in [0, 0.1) is 10.1 Å². The molecule has 0 bridgehead atoms. The number of sulfonamides is 1. The summed E-state index contributed by atoms with van der Waals surface area (Å²) in [5.41, 5.74) is -0.449. The highest BCUT2D eigenvalue weighted by atomic mass is 35.5. The lowest BCUT2D eigenvalue weighted by molar-refractivity contribution is -0.384. The van der Waals surface area contributed by atoms with Gasteiger partial charge in [-0.1, -0.05) is 23.2 Å². The highest BCUT2D eigenvalue weighted by Gasteiger charge is 2.28. The molecule has 0 spiro atoms. The molecule has 0 unspecified atom stereocenters. The van der Waals surface area contributed by atoms with E-state index in [-0.39, 0.29) is 40.7 Å². The fourth-order valence-electron chi connectivity index (χ4n) is 2.28. The van der Waals surface area contributed by atoms with E-state index in [1.807, 2.05) is 0 Å². The molecule has 0 saturated heterocycles. The van der Waals surface area contributed by atoms with Gasteiger partial charge in [-0.2, -0.15) is 0 Å². The summed E-state index contributed by atoms with van der Waals surface area (Å²) in [4.78, 5) is 21.1. The van der Waals surface area contributed by atoms with E-state index in [2.05, 4.69) is 0 Å². The Morgan fingerprint density at radius 1 is 1.15 bits per heavy atom. The Morgan fingerprint density at radius 2 is 1.78 bits per heavy atom. The highest BCUT2D eigenvalue weighted by Crippen LogP contribution is 2.34. The molecule has 0 saturated carbocycles.